The van der Waals surface area contributed by atoms with Gasteiger partial charge in [0.1, 0.15) is 0 Å². The fourth-order valence-electron chi connectivity index (χ4n) is 2.14. The number of ether oxygens (including phenoxy) is 1. The predicted molar refractivity (Wildman–Crippen MR) is 87.2 cm³/mol. The molecule has 0 bridgehead atoms. The predicted octanol–water partition coefficient (Wildman–Crippen LogP) is 2.97. The van der Waals surface area contributed by atoms with Crippen molar-refractivity contribution in [2.75, 3.05) is 12.4 Å². The molecule has 2 N–H and O–H groups in total. The molecule has 1 heterocycles. The Labute approximate surface area is 145 Å². The fourth-order valence-corrected chi connectivity index (χ4v) is 3.14. The van der Waals surface area contributed by atoms with Crippen LogP contribution < -0.4 is 10.6 Å². The molecule has 6 nitrogen and oxygen atoms in total. The Morgan fingerprint density at radius 2 is 2.00 bits per heavy atom. The average Bonchev–Trinajstić information content (AvgIpc) is 2.96. The highest BCUT2D eigenvalue weighted by Gasteiger charge is 2.63. The van der Waals surface area contributed by atoms with Crippen LogP contribution in [0.2, 0.25) is 0 Å². The molecule has 2 aromatic rings. The van der Waals surface area contributed by atoms with Crippen molar-refractivity contribution in [3.8, 4) is 0 Å². The van der Waals surface area contributed by atoms with Crippen LogP contribution in [0.4, 0.5) is 18.3 Å². The molecule has 1 aromatic heterocycles. The summed E-state index contributed by atoms with van der Waals surface area (Å²) in [4.78, 5) is 27.7. The number of anilines is 1. The molecule has 0 saturated heterocycles. The quantitative estimate of drug-likeness (QED) is 0.620. The Morgan fingerprint density at radius 1 is 1.32 bits per heavy atom. The molecule has 1 unspecified atom stereocenters. The summed E-state index contributed by atoms with van der Waals surface area (Å²) in [7, 11) is 0.811. The minimum atomic E-state index is -5.15. The van der Waals surface area contributed by atoms with Gasteiger partial charge in [0.25, 0.3) is 0 Å². The molecule has 0 radical (unpaired) electrons. The number of alkyl halides is 3. The van der Waals surface area contributed by atoms with Gasteiger partial charge < -0.3 is 15.4 Å². The van der Waals surface area contributed by atoms with E-state index in [1.54, 1.807) is 30.4 Å². The van der Waals surface area contributed by atoms with Crippen LogP contribution in [0, 0.1) is 6.92 Å². The van der Waals surface area contributed by atoms with Crippen LogP contribution in [0.5, 0.6) is 0 Å². The highest BCUT2D eigenvalue weighted by Crippen LogP contribution is 2.36. The molecule has 0 saturated carbocycles. The summed E-state index contributed by atoms with van der Waals surface area (Å²) < 4.78 is 46.1. The van der Waals surface area contributed by atoms with E-state index in [2.05, 4.69) is 9.72 Å². The molecule has 2 rings (SSSR count). The van der Waals surface area contributed by atoms with Gasteiger partial charge in [-0.25, -0.2) is 9.78 Å². The van der Waals surface area contributed by atoms with Gasteiger partial charge in [0.15, 0.2) is 5.13 Å². The van der Waals surface area contributed by atoms with Crippen LogP contribution >= 0.6 is 11.3 Å². The van der Waals surface area contributed by atoms with Crippen LogP contribution in [-0.4, -0.2) is 35.8 Å². The third-order valence-electron chi connectivity index (χ3n) is 3.48. The number of halogens is 3. The number of esters is 1. The van der Waals surface area contributed by atoms with Gasteiger partial charge in [-0.2, -0.15) is 13.2 Å². The highest BCUT2D eigenvalue weighted by atomic mass is 32.1. The van der Waals surface area contributed by atoms with E-state index >= 15 is 0 Å². The van der Waals surface area contributed by atoms with E-state index in [4.69, 9.17) is 0 Å². The Bertz CT molecular complexity index is 806. The van der Waals surface area contributed by atoms with Crippen molar-refractivity contribution in [3.05, 3.63) is 23.8 Å². The number of rotatable bonds is 5. The normalized spacial score (nSPS) is 14.0. The Balaban J connectivity index is 2.54. The molecular weight excluding hydrogens is 359 g/mol. The minimum absolute atomic E-state index is 0.163. The van der Waals surface area contributed by atoms with Crippen LogP contribution in [0.15, 0.2) is 18.2 Å². The van der Waals surface area contributed by atoms with Crippen LogP contribution in [0.25, 0.3) is 10.2 Å². The van der Waals surface area contributed by atoms with Gasteiger partial charge in [0, 0.05) is 6.42 Å². The average molecular weight is 375 g/mol. The van der Waals surface area contributed by atoms with Gasteiger partial charge in [-0.1, -0.05) is 30.4 Å². The van der Waals surface area contributed by atoms with E-state index in [-0.39, 0.29) is 11.6 Å². The van der Waals surface area contributed by atoms with Gasteiger partial charge in [0.05, 0.1) is 17.3 Å². The van der Waals surface area contributed by atoms with Gasteiger partial charge in [-0.15, -0.1) is 0 Å². The molecule has 0 spiro atoms. The molecule has 0 aliphatic heterocycles. The molecule has 1 aromatic carbocycles. The number of amides is 1. The van der Waals surface area contributed by atoms with E-state index in [9.17, 15) is 22.8 Å². The summed E-state index contributed by atoms with van der Waals surface area (Å²) in [5.74, 6) is -2.65. The number of benzene rings is 1. The standard InChI is InChI=1S/C15H16F3N3O3S/c1-4-10(22)20-14(12(23)24-3,15(16,17)18)21-13-19-11-8(2)6-5-7-9(11)25-13/h5-7H,4H2,1-3H3,(H,19,21)(H,20,22). The number of aromatic nitrogens is 1. The van der Waals surface area contributed by atoms with Gasteiger partial charge >= 0.3 is 17.8 Å². The molecular formula is C15H16F3N3O3S. The lowest BCUT2D eigenvalue weighted by Crippen LogP contribution is -2.69. The maximum atomic E-state index is 13.7. The number of nitrogens with one attached hydrogen (secondary N) is 2. The van der Waals surface area contributed by atoms with Crippen molar-refractivity contribution in [1.29, 1.82) is 0 Å². The van der Waals surface area contributed by atoms with E-state index < -0.39 is 23.7 Å². The third kappa shape index (κ3) is 3.53. The number of aryl methyl sites for hydroxylation is 1. The van der Waals surface area contributed by atoms with Crippen molar-refractivity contribution in [2.24, 2.45) is 0 Å². The smallest absolute Gasteiger partial charge is 0.442 e. The van der Waals surface area contributed by atoms with Crippen LogP contribution in [-0.2, 0) is 14.3 Å². The lowest BCUT2D eigenvalue weighted by molar-refractivity contribution is -0.206. The van der Waals surface area contributed by atoms with E-state index in [0.29, 0.717) is 10.2 Å². The minimum Gasteiger partial charge on any atom is -0.466 e. The second-order valence-electron chi connectivity index (χ2n) is 5.21. The molecule has 25 heavy (non-hydrogen) atoms. The van der Waals surface area contributed by atoms with Crippen molar-refractivity contribution in [1.82, 2.24) is 10.3 Å². The molecule has 10 heteroatoms. The second-order valence-corrected chi connectivity index (χ2v) is 6.24. The van der Waals surface area contributed by atoms with Gasteiger partial charge in [-0.05, 0) is 18.6 Å². The van der Waals surface area contributed by atoms with Crippen molar-refractivity contribution < 1.29 is 27.5 Å². The Hall–Kier alpha value is -2.36. The molecule has 0 aliphatic rings. The number of hydrogen-bond acceptors (Lipinski definition) is 6. The van der Waals surface area contributed by atoms with E-state index in [0.717, 1.165) is 24.0 Å². The number of nitrogens with zero attached hydrogens (tertiary/aromatic N) is 1. The van der Waals surface area contributed by atoms with E-state index in [1.165, 1.54) is 6.92 Å². The molecule has 0 fully saturated rings. The first-order valence-electron chi connectivity index (χ1n) is 7.25. The van der Waals surface area contributed by atoms with E-state index in [1.807, 2.05) is 5.32 Å². The number of fused-ring (bicyclic) bond motifs is 1. The first-order chi connectivity index (χ1) is 11.6. The number of thiazole rings is 1. The zero-order chi connectivity index (χ0) is 18.8. The summed E-state index contributed by atoms with van der Waals surface area (Å²) >= 11 is 0.936. The zero-order valence-electron chi connectivity index (χ0n) is 13.7. The van der Waals surface area contributed by atoms with Gasteiger partial charge in [-0.3, -0.25) is 4.79 Å². The van der Waals surface area contributed by atoms with Crippen LogP contribution in [0.1, 0.15) is 18.9 Å². The summed E-state index contributed by atoms with van der Waals surface area (Å²) in [5, 5.41) is 3.57. The number of hydrogen-bond donors (Lipinski definition) is 2. The lowest BCUT2D eigenvalue weighted by Gasteiger charge is -2.33. The van der Waals surface area contributed by atoms with Crippen LogP contribution in [0.3, 0.4) is 0 Å². The molecule has 0 aliphatic carbocycles. The summed E-state index contributed by atoms with van der Waals surface area (Å²) in [6.07, 6.45) is -5.40. The first-order valence-corrected chi connectivity index (χ1v) is 8.06. The number of carbonyl (C=O) groups is 2. The molecule has 1 atom stereocenters. The third-order valence-corrected chi connectivity index (χ3v) is 4.42. The van der Waals surface area contributed by atoms with Crippen molar-refractivity contribution >= 4 is 38.6 Å². The number of para-hydroxylation sites is 1. The number of methoxy groups -OCH3 is 1. The Kier molecular flexibility index (Phi) is 5.21. The molecule has 1 amide bonds. The Morgan fingerprint density at radius 3 is 2.52 bits per heavy atom. The lowest BCUT2D eigenvalue weighted by atomic mass is 10.1. The zero-order valence-corrected chi connectivity index (χ0v) is 14.5. The second kappa shape index (κ2) is 6.87. The topological polar surface area (TPSA) is 80.3 Å². The largest absolute Gasteiger partial charge is 0.466 e. The highest BCUT2D eigenvalue weighted by molar-refractivity contribution is 7.22. The fraction of sp³-hybridized carbons (Fsp3) is 0.400. The summed E-state index contributed by atoms with van der Waals surface area (Å²) in [5.41, 5.74) is -2.13. The summed E-state index contributed by atoms with van der Waals surface area (Å²) in [6.45, 7) is 3.14. The monoisotopic (exact) mass is 375 g/mol. The summed E-state index contributed by atoms with van der Waals surface area (Å²) in [6, 6.07) is 5.21. The van der Waals surface area contributed by atoms with Crippen molar-refractivity contribution in [3.63, 3.8) is 0 Å². The molecule has 136 valence electrons. The van der Waals surface area contributed by atoms with Crippen molar-refractivity contribution in [2.45, 2.75) is 32.1 Å². The van der Waals surface area contributed by atoms with Gasteiger partial charge in [0.2, 0.25) is 5.91 Å². The number of carbonyl (C=O) groups excluding carboxylic acids is 2. The SMILES string of the molecule is CCC(=O)NC(Nc1nc2c(C)cccc2s1)(C(=O)OC)C(F)(F)F. The maximum Gasteiger partial charge on any atom is 0.442 e. The maximum absolute atomic E-state index is 13.7. The first kappa shape index (κ1) is 19.0.